The van der Waals surface area contributed by atoms with Crippen LogP contribution in [-0.2, 0) is 9.53 Å². The minimum absolute atomic E-state index is 0.160. The number of amides is 2. The molecule has 5 heteroatoms. The zero-order chi connectivity index (χ0) is 13.5. The first-order valence-electron chi connectivity index (χ1n) is 6.25. The van der Waals surface area contributed by atoms with Gasteiger partial charge in [-0.05, 0) is 39.0 Å². The van der Waals surface area contributed by atoms with Crippen LogP contribution in [0.1, 0.15) is 27.2 Å². The number of nitrogens with two attached hydrogens (primary N) is 1. The predicted octanol–water partition coefficient (Wildman–Crippen LogP) is 1.19. The molecule has 0 radical (unpaired) electrons. The number of hydrogen-bond donors (Lipinski definition) is 2. The van der Waals surface area contributed by atoms with Crippen molar-refractivity contribution in [3.8, 4) is 0 Å². The van der Waals surface area contributed by atoms with E-state index in [1.165, 1.54) is 0 Å². The third kappa shape index (κ3) is 2.49. The molecule has 3 N–H and O–H groups in total. The summed E-state index contributed by atoms with van der Waals surface area (Å²) in [7, 11) is 0. The van der Waals surface area contributed by atoms with Gasteiger partial charge in [0.1, 0.15) is 5.60 Å². The number of fused-ring (bicyclic) bond motifs is 2. The summed E-state index contributed by atoms with van der Waals surface area (Å²) in [5, 5.41) is 2.79. The van der Waals surface area contributed by atoms with Crippen LogP contribution < -0.4 is 11.1 Å². The van der Waals surface area contributed by atoms with E-state index in [1.807, 2.05) is 12.2 Å². The van der Waals surface area contributed by atoms with E-state index >= 15 is 0 Å². The number of primary amides is 1. The maximum Gasteiger partial charge on any atom is 0.407 e. The first-order chi connectivity index (χ1) is 8.28. The number of rotatable bonds is 2. The van der Waals surface area contributed by atoms with Crippen LogP contribution in [0.15, 0.2) is 12.2 Å². The second-order valence-electron chi connectivity index (χ2n) is 6.05. The number of ether oxygens (including phenoxy) is 1. The molecule has 1 saturated carbocycles. The predicted molar refractivity (Wildman–Crippen MR) is 66.6 cm³/mol. The van der Waals surface area contributed by atoms with Gasteiger partial charge in [-0.2, -0.15) is 0 Å². The third-order valence-electron chi connectivity index (χ3n) is 3.47. The third-order valence-corrected chi connectivity index (χ3v) is 3.47. The summed E-state index contributed by atoms with van der Waals surface area (Å²) in [6.45, 7) is 5.41. The average Bonchev–Trinajstić information content (AvgIpc) is 2.73. The molecule has 0 aliphatic heterocycles. The normalized spacial score (nSPS) is 33.5. The molecule has 0 saturated heterocycles. The highest BCUT2D eigenvalue weighted by atomic mass is 16.6. The molecule has 0 aromatic rings. The van der Waals surface area contributed by atoms with Crippen molar-refractivity contribution in [3.05, 3.63) is 12.2 Å². The van der Waals surface area contributed by atoms with Gasteiger partial charge in [-0.1, -0.05) is 12.2 Å². The van der Waals surface area contributed by atoms with Gasteiger partial charge in [0.05, 0.1) is 12.0 Å². The fraction of sp³-hybridized carbons (Fsp3) is 0.692. The lowest BCUT2D eigenvalue weighted by Gasteiger charge is -2.28. The highest BCUT2D eigenvalue weighted by molar-refractivity contribution is 5.80. The quantitative estimate of drug-likeness (QED) is 0.724. The van der Waals surface area contributed by atoms with Gasteiger partial charge >= 0.3 is 6.09 Å². The number of nitrogens with one attached hydrogen (secondary N) is 1. The average molecular weight is 252 g/mol. The first kappa shape index (κ1) is 12.9. The second-order valence-corrected chi connectivity index (χ2v) is 6.05. The zero-order valence-corrected chi connectivity index (χ0v) is 11.0. The molecule has 2 amide bonds. The lowest BCUT2D eigenvalue weighted by Crippen LogP contribution is -2.48. The largest absolute Gasteiger partial charge is 0.444 e. The van der Waals surface area contributed by atoms with E-state index in [0.717, 1.165) is 6.42 Å². The van der Waals surface area contributed by atoms with Crippen molar-refractivity contribution in [2.45, 2.75) is 38.8 Å². The van der Waals surface area contributed by atoms with E-state index in [1.54, 1.807) is 20.8 Å². The van der Waals surface area contributed by atoms with Gasteiger partial charge in [0.25, 0.3) is 0 Å². The molecule has 1 fully saturated rings. The maximum absolute atomic E-state index is 11.7. The van der Waals surface area contributed by atoms with Crippen LogP contribution in [0.3, 0.4) is 0 Å². The molecule has 4 atom stereocenters. The molecule has 2 aliphatic carbocycles. The molecule has 5 nitrogen and oxygen atoms in total. The van der Waals surface area contributed by atoms with Crippen LogP contribution in [0, 0.1) is 17.8 Å². The Labute approximate surface area is 107 Å². The van der Waals surface area contributed by atoms with Crippen molar-refractivity contribution < 1.29 is 14.3 Å². The summed E-state index contributed by atoms with van der Waals surface area (Å²) < 4.78 is 5.21. The number of hydrogen-bond acceptors (Lipinski definition) is 3. The smallest absolute Gasteiger partial charge is 0.407 e. The van der Waals surface area contributed by atoms with Gasteiger partial charge < -0.3 is 15.8 Å². The summed E-state index contributed by atoms with van der Waals surface area (Å²) in [5.41, 5.74) is 4.87. The van der Waals surface area contributed by atoms with Gasteiger partial charge in [0.2, 0.25) is 5.91 Å². The summed E-state index contributed by atoms with van der Waals surface area (Å²) in [4.78, 5) is 23.2. The minimum atomic E-state index is -0.542. The van der Waals surface area contributed by atoms with Crippen LogP contribution in [0.4, 0.5) is 4.79 Å². The molecule has 2 bridgehead atoms. The topological polar surface area (TPSA) is 81.4 Å². The van der Waals surface area contributed by atoms with Gasteiger partial charge in [-0.15, -0.1) is 0 Å². The van der Waals surface area contributed by atoms with Gasteiger partial charge in [-0.3, -0.25) is 4.79 Å². The van der Waals surface area contributed by atoms with E-state index in [2.05, 4.69) is 5.32 Å². The molecule has 0 aromatic carbocycles. The zero-order valence-electron chi connectivity index (χ0n) is 11.0. The summed E-state index contributed by atoms with van der Waals surface area (Å²) in [6.07, 6.45) is 4.47. The molecular formula is C13H20N2O3. The van der Waals surface area contributed by atoms with Crippen molar-refractivity contribution in [1.82, 2.24) is 5.32 Å². The van der Waals surface area contributed by atoms with Crippen molar-refractivity contribution >= 4 is 12.0 Å². The molecule has 2 aliphatic rings. The lowest BCUT2D eigenvalue weighted by atomic mass is 9.88. The Hall–Kier alpha value is -1.52. The molecular weight excluding hydrogens is 232 g/mol. The molecule has 0 heterocycles. The fourth-order valence-corrected chi connectivity index (χ4v) is 2.85. The van der Waals surface area contributed by atoms with Gasteiger partial charge in [-0.25, -0.2) is 4.79 Å². The Morgan fingerprint density at radius 2 is 1.89 bits per heavy atom. The molecule has 2 rings (SSSR count). The number of alkyl carbamates (subject to hydrolysis) is 1. The second kappa shape index (κ2) is 4.30. The fourth-order valence-electron chi connectivity index (χ4n) is 2.85. The Bertz CT molecular complexity index is 398. The summed E-state index contributed by atoms with van der Waals surface area (Å²) in [5.74, 6) is -0.312. The van der Waals surface area contributed by atoms with E-state index in [-0.39, 0.29) is 29.7 Å². The molecule has 0 unspecified atom stereocenters. The lowest BCUT2D eigenvalue weighted by molar-refractivity contribution is -0.123. The number of carbonyl (C=O) groups excluding carboxylic acids is 2. The van der Waals surface area contributed by atoms with Crippen LogP contribution >= 0.6 is 0 Å². The van der Waals surface area contributed by atoms with Crippen molar-refractivity contribution in [2.24, 2.45) is 23.5 Å². The van der Waals surface area contributed by atoms with Crippen LogP contribution in [0.5, 0.6) is 0 Å². The Morgan fingerprint density at radius 1 is 1.28 bits per heavy atom. The molecule has 100 valence electrons. The molecule has 0 spiro atoms. The SMILES string of the molecule is CC(C)(C)OC(=O)N[C@@H]1[C@H](C(N)=O)[C@@H]2C=C[C@H]1C2. The Morgan fingerprint density at radius 3 is 2.44 bits per heavy atom. The van der Waals surface area contributed by atoms with E-state index in [4.69, 9.17) is 10.5 Å². The van der Waals surface area contributed by atoms with Gasteiger partial charge in [0.15, 0.2) is 0 Å². The van der Waals surface area contributed by atoms with Crippen molar-refractivity contribution in [3.63, 3.8) is 0 Å². The monoisotopic (exact) mass is 252 g/mol. The molecule has 18 heavy (non-hydrogen) atoms. The van der Waals surface area contributed by atoms with Crippen LogP contribution in [0.2, 0.25) is 0 Å². The van der Waals surface area contributed by atoms with Crippen molar-refractivity contribution in [1.29, 1.82) is 0 Å². The first-order valence-corrected chi connectivity index (χ1v) is 6.25. The highest BCUT2D eigenvalue weighted by Gasteiger charge is 2.48. The minimum Gasteiger partial charge on any atom is -0.444 e. The van der Waals surface area contributed by atoms with Crippen LogP contribution in [0.25, 0.3) is 0 Å². The Kier molecular flexibility index (Phi) is 3.09. The highest BCUT2D eigenvalue weighted by Crippen LogP contribution is 2.43. The number of allylic oxidation sites excluding steroid dienone is 1. The summed E-state index contributed by atoms with van der Waals surface area (Å²) >= 11 is 0. The van der Waals surface area contributed by atoms with Crippen molar-refractivity contribution in [2.75, 3.05) is 0 Å². The summed E-state index contributed by atoms with van der Waals surface area (Å²) in [6, 6.07) is -0.229. The standard InChI is InChI=1S/C13H20N2O3/c1-13(2,3)18-12(17)15-10-8-5-4-7(6-8)9(10)11(14)16/h4-5,7-10H,6H2,1-3H3,(H2,14,16)(H,15,17)/t7-,8+,9-,10+/m1/s1. The van der Waals surface area contributed by atoms with Crippen LogP contribution in [-0.4, -0.2) is 23.6 Å². The number of carbonyl (C=O) groups is 2. The molecule has 0 aromatic heterocycles. The van der Waals surface area contributed by atoms with E-state index in [9.17, 15) is 9.59 Å². The Balaban J connectivity index is 2.02. The van der Waals surface area contributed by atoms with Gasteiger partial charge in [0, 0.05) is 0 Å². The maximum atomic E-state index is 11.7. The van der Waals surface area contributed by atoms with E-state index < -0.39 is 11.7 Å². The van der Waals surface area contributed by atoms with E-state index in [0.29, 0.717) is 0 Å².